The Morgan fingerprint density at radius 3 is 2.59 bits per heavy atom. The van der Waals surface area contributed by atoms with Crippen LogP contribution in [0.1, 0.15) is 13.8 Å². The van der Waals surface area contributed by atoms with Crippen molar-refractivity contribution in [2.75, 3.05) is 38.7 Å². The molecule has 6 heteroatoms. The Hall–Kier alpha value is -2.08. The molecule has 1 aromatic carbocycles. The van der Waals surface area contributed by atoms with Crippen LogP contribution in [0.3, 0.4) is 0 Å². The number of carbonyl (C=O) groups excluding carboxylic acids is 2. The number of ether oxygens (including phenoxy) is 2. The zero-order valence-electron chi connectivity index (χ0n) is 13.2. The van der Waals surface area contributed by atoms with E-state index in [1.54, 1.807) is 50.1 Å². The molecule has 0 spiro atoms. The van der Waals surface area contributed by atoms with E-state index in [4.69, 9.17) is 9.47 Å². The Bertz CT molecular complexity index is 551. The number of carbonyl (C=O) groups is 2. The number of rotatable bonds is 4. The van der Waals surface area contributed by atoms with Gasteiger partial charge in [-0.3, -0.25) is 9.59 Å². The summed E-state index contributed by atoms with van der Waals surface area (Å²) in [6.07, 6.45) is 0. The van der Waals surface area contributed by atoms with Crippen molar-refractivity contribution in [1.82, 2.24) is 4.90 Å². The van der Waals surface area contributed by atoms with E-state index < -0.39 is 5.41 Å². The summed E-state index contributed by atoms with van der Waals surface area (Å²) < 4.78 is 10.4. The minimum Gasteiger partial charge on any atom is -0.497 e. The molecule has 2 amide bonds. The van der Waals surface area contributed by atoms with Crippen LogP contribution in [0.25, 0.3) is 0 Å². The Morgan fingerprint density at radius 1 is 1.27 bits per heavy atom. The van der Waals surface area contributed by atoms with Crippen molar-refractivity contribution in [3.8, 4) is 5.75 Å². The van der Waals surface area contributed by atoms with E-state index in [0.717, 1.165) is 0 Å². The summed E-state index contributed by atoms with van der Waals surface area (Å²) >= 11 is 0. The first kappa shape index (κ1) is 16.3. The highest BCUT2D eigenvalue weighted by atomic mass is 16.5. The third kappa shape index (κ3) is 3.57. The molecule has 1 heterocycles. The van der Waals surface area contributed by atoms with Crippen LogP contribution in [0.5, 0.6) is 5.75 Å². The van der Waals surface area contributed by atoms with Crippen LogP contribution in [0, 0.1) is 5.41 Å². The molecule has 22 heavy (non-hydrogen) atoms. The second kappa shape index (κ2) is 6.79. The molecule has 0 radical (unpaired) electrons. The quantitative estimate of drug-likeness (QED) is 0.856. The van der Waals surface area contributed by atoms with Crippen molar-refractivity contribution in [1.29, 1.82) is 0 Å². The van der Waals surface area contributed by atoms with Gasteiger partial charge in [-0.05, 0) is 26.0 Å². The fraction of sp³-hybridized carbons (Fsp3) is 0.500. The van der Waals surface area contributed by atoms with Crippen molar-refractivity contribution in [2.24, 2.45) is 5.41 Å². The van der Waals surface area contributed by atoms with Crippen molar-refractivity contribution >= 4 is 17.5 Å². The molecule has 6 nitrogen and oxygen atoms in total. The highest BCUT2D eigenvalue weighted by molar-refractivity contribution is 6.09. The Kier molecular flexibility index (Phi) is 5.03. The third-order valence-electron chi connectivity index (χ3n) is 3.73. The van der Waals surface area contributed by atoms with Crippen LogP contribution >= 0.6 is 0 Å². The lowest BCUT2D eigenvalue weighted by Crippen LogP contribution is -2.51. The molecule has 0 aliphatic carbocycles. The second-order valence-corrected chi connectivity index (χ2v) is 5.72. The fourth-order valence-electron chi connectivity index (χ4n) is 2.25. The summed E-state index contributed by atoms with van der Waals surface area (Å²) in [6, 6.07) is 7.05. The average Bonchev–Trinajstić information content (AvgIpc) is 2.55. The summed E-state index contributed by atoms with van der Waals surface area (Å²) in [6.45, 7) is 5.35. The van der Waals surface area contributed by atoms with Gasteiger partial charge in [-0.1, -0.05) is 6.07 Å². The SMILES string of the molecule is COc1cccc(NC(=O)C(C)(C)C(=O)N2CCOCC2)c1. The molecule has 1 aliphatic heterocycles. The molecule has 1 aromatic rings. The van der Waals surface area contributed by atoms with Gasteiger partial charge in [-0.25, -0.2) is 0 Å². The highest BCUT2D eigenvalue weighted by Gasteiger charge is 2.39. The van der Waals surface area contributed by atoms with Crippen molar-refractivity contribution in [3.63, 3.8) is 0 Å². The molecule has 120 valence electrons. The molecular weight excluding hydrogens is 284 g/mol. The number of benzene rings is 1. The maximum atomic E-state index is 12.6. The number of nitrogens with one attached hydrogen (secondary N) is 1. The van der Waals surface area contributed by atoms with Gasteiger partial charge < -0.3 is 19.7 Å². The van der Waals surface area contributed by atoms with Crippen LogP contribution in [0.4, 0.5) is 5.69 Å². The standard InChI is InChI=1S/C16H22N2O4/c1-16(2,15(20)18-7-9-22-10-8-18)14(19)17-12-5-4-6-13(11-12)21-3/h4-6,11H,7-10H2,1-3H3,(H,17,19). The Labute approximate surface area is 130 Å². The molecular formula is C16H22N2O4. The van der Waals surface area contributed by atoms with E-state index >= 15 is 0 Å². The van der Waals surface area contributed by atoms with Crippen molar-refractivity contribution in [2.45, 2.75) is 13.8 Å². The lowest BCUT2D eigenvalue weighted by Gasteiger charge is -2.33. The van der Waals surface area contributed by atoms with Gasteiger partial charge in [0.15, 0.2) is 0 Å². The molecule has 1 aliphatic rings. The van der Waals surface area contributed by atoms with Crippen molar-refractivity contribution < 1.29 is 19.1 Å². The lowest BCUT2D eigenvalue weighted by atomic mass is 9.90. The summed E-state index contributed by atoms with van der Waals surface area (Å²) in [5.74, 6) is 0.128. The van der Waals surface area contributed by atoms with Gasteiger partial charge in [0.2, 0.25) is 11.8 Å². The largest absolute Gasteiger partial charge is 0.497 e. The summed E-state index contributed by atoms with van der Waals surface area (Å²) in [7, 11) is 1.56. The molecule has 0 aromatic heterocycles. The third-order valence-corrected chi connectivity index (χ3v) is 3.73. The van der Waals surface area contributed by atoms with Gasteiger partial charge in [0, 0.05) is 24.8 Å². The zero-order chi connectivity index (χ0) is 16.2. The van der Waals surface area contributed by atoms with Gasteiger partial charge in [-0.15, -0.1) is 0 Å². The van der Waals surface area contributed by atoms with E-state index in [1.807, 2.05) is 0 Å². The van der Waals surface area contributed by atoms with Gasteiger partial charge >= 0.3 is 0 Å². The average molecular weight is 306 g/mol. The van der Waals surface area contributed by atoms with Crippen LogP contribution in [-0.4, -0.2) is 50.1 Å². The van der Waals surface area contributed by atoms with Gasteiger partial charge in [0.25, 0.3) is 0 Å². The predicted octanol–water partition coefficient (Wildman–Crippen LogP) is 1.52. The molecule has 1 N–H and O–H groups in total. The molecule has 0 unspecified atom stereocenters. The van der Waals surface area contributed by atoms with Crippen LogP contribution < -0.4 is 10.1 Å². The number of hydrogen-bond donors (Lipinski definition) is 1. The number of anilines is 1. The molecule has 1 fully saturated rings. The molecule has 0 saturated carbocycles. The van der Waals surface area contributed by atoms with E-state index in [1.165, 1.54) is 0 Å². The zero-order valence-corrected chi connectivity index (χ0v) is 13.2. The smallest absolute Gasteiger partial charge is 0.239 e. The second-order valence-electron chi connectivity index (χ2n) is 5.72. The number of nitrogens with zero attached hydrogens (tertiary/aromatic N) is 1. The van der Waals surface area contributed by atoms with E-state index in [9.17, 15) is 9.59 Å². The normalized spacial score (nSPS) is 15.3. The number of hydrogen-bond acceptors (Lipinski definition) is 4. The van der Waals surface area contributed by atoms with Crippen LogP contribution in [0.2, 0.25) is 0 Å². The topological polar surface area (TPSA) is 67.9 Å². The fourth-order valence-corrected chi connectivity index (χ4v) is 2.25. The number of morpholine rings is 1. The molecule has 2 rings (SSSR count). The first-order valence-corrected chi connectivity index (χ1v) is 7.28. The molecule has 1 saturated heterocycles. The first-order chi connectivity index (χ1) is 10.4. The van der Waals surface area contributed by atoms with E-state index in [-0.39, 0.29) is 11.8 Å². The van der Waals surface area contributed by atoms with E-state index in [0.29, 0.717) is 37.7 Å². The summed E-state index contributed by atoms with van der Waals surface area (Å²) in [5, 5.41) is 2.78. The Balaban J connectivity index is 2.07. The van der Waals surface area contributed by atoms with Crippen LogP contribution in [0.15, 0.2) is 24.3 Å². The first-order valence-electron chi connectivity index (χ1n) is 7.28. The maximum absolute atomic E-state index is 12.6. The Morgan fingerprint density at radius 2 is 1.95 bits per heavy atom. The molecule has 0 bridgehead atoms. The summed E-state index contributed by atoms with van der Waals surface area (Å²) in [4.78, 5) is 26.7. The predicted molar refractivity (Wildman–Crippen MR) is 82.8 cm³/mol. The highest BCUT2D eigenvalue weighted by Crippen LogP contribution is 2.24. The number of amides is 2. The lowest BCUT2D eigenvalue weighted by molar-refractivity contribution is -0.149. The minimum atomic E-state index is -1.14. The van der Waals surface area contributed by atoms with Gasteiger partial charge in [0.05, 0.1) is 20.3 Å². The van der Waals surface area contributed by atoms with E-state index in [2.05, 4.69) is 5.32 Å². The van der Waals surface area contributed by atoms with Gasteiger partial charge in [-0.2, -0.15) is 0 Å². The maximum Gasteiger partial charge on any atom is 0.239 e. The monoisotopic (exact) mass is 306 g/mol. The van der Waals surface area contributed by atoms with Crippen LogP contribution in [-0.2, 0) is 14.3 Å². The van der Waals surface area contributed by atoms with Gasteiger partial charge in [0.1, 0.15) is 11.2 Å². The van der Waals surface area contributed by atoms with Crippen molar-refractivity contribution in [3.05, 3.63) is 24.3 Å². The summed E-state index contributed by atoms with van der Waals surface area (Å²) in [5.41, 5.74) is -0.535. The minimum absolute atomic E-state index is 0.184. The number of methoxy groups -OCH3 is 1. The molecule has 0 atom stereocenters.